The van der Waals surface area contributed by atoms with Crippen LogP contribution in [0.3, 0.4) is 0 Å². The van der Waals surface area contributed by atoms with Crippen molar-refractivity contribution in [2.24, 2.45) is 0 Å². The number of benzene rings is 1. The molecule has 18 heavy (non-hydrogen) atoms. The smallest absolute Gasteiger partial charge is 0.254 e. The maximum atomic E-state index is 12.0. The van der Waals surface area contributed by atoms with Gasteiger partial charge < -0.3 is 10.6 Å². The lowest BCUT2D eigenvalue weighted by Crippen LogP contribution is -2.32. The molecule has 0 aliphatic heterocycles. The molecule has 0 heterocycles. The minimum Gasteiger partial charge on any atom is -0.379 e. The van der Waals surface area contributed by atoms with Crippen molar-refractivity contribution < 1.29 is 4.79 Å². The van der Waals surface area contributed by atoms with Gasteiger partial charge in [0, 0.05) is 17.8 Å². The molecule has 0 spiro atoms. The van der Waals surface area contributed by atoms with Crippen molar-refractivity contribution in [1.29, 1.82) is 0 Å². The van der Waals surface area contributed by atoms with E-state index < -0.39 is 0 Å². The van der Waals surface area contributed by atoms with Crippen LogP contribution in [0, 0.1) is 0 Å². The second-order valence-corrected chi connectivity index (χ2v) is 5.29. The molecule has 2 N–H and O–H groups in total. The van der Waals surface area contributed by atoms with Gasteiger partial charge in [0.05, 0.1) is 10.6 Å². The molecule has 0 radical (unpaired) electrons. The monoisotopic (exact) mass is 268 g/mol. The second kappa shape index (κ2) is 6.10. The highest BCUT2D eigenvalue weighted by atomic mass is 35.5. The molecule has 0 bridgehead atoms. The average Bonchev–Trinajstić information content (AvgIpc) is 2.29. The van der Waals surface area contributed by atoms with Crippen molar-refractivity contribution in [2.75, 3.05) is 11.9 Å². The summed E-state index contributed by atoms with van der Waals surface area (Å²) in [7, 11) is 0. The van der Waals surface area contributed by atoms with E-state index in [1.165, 1.54) is 0 Å². The number of halogens is 1. The Morgan fingerprint density at radius 3 is 2.56 bits per heavy atom. The number of hydrogen-bond acceptors (Lipinski definition) is 2. The first-order valence-corrected chi connectivity index (χ1v) is 6.64. The van der Waals surface area contributed by atoms with E-state index in [0.717, 1.165) is 12.1 Å². The minimum absolute atomic E-state index is 0.0775. The van der Waals surface area contributed by atoms with Crippen molar-refractivity contribution in [3.63, 3.8) is 0 Å². The summed E-state index contributed by atoms with van der Waals surface area (Å²) in [5.41, 5.74) is 1.22. The van der Waals surface area contributed by atoms with Gasteiger partial charge >= 0.3 is 0 Å². The van der Waals surface area contributed by atoms with Crippen LogP contribution in [0.25, 0.3) is 0 Å². The molecule has 4 heteroatoms. The Labute approximate surface area is 114 Å². The molecule has 0 aliphatic rings. The third kappa shape index (κ3) is 3.64. The van der Waals surface area contributed by atoms with Crippen molar-refractivity contribution in [3.8, 4) is 0 Å². The molecule has 100 valence electrons. The number of rotatable bonds is 5. The Morgan fingerprint density at radius 1 is 1.33 bits per heavy atom. The number of carbonyl (C=O) groups is 1. The maximum absolute atomic E-state index is 12.0. The van der Waals surface area contributed by atoms with E-state index in [1.807, 2.05) is 19.1 Å². The predicted molar refractivity (Wildman–Crippen MR) is 77.5 cm³/mol. The maximum Gasteiger partial charge on any atom is 0.254 e. The van der Waals surface area contributed by atoms with Gasteiger partial charge in [0.2, 0.25) is 0 Å². The van der Waals surface area contributed by atoms with Crippen LogP contribution in [0.1, 0.15) is 44.5 Å². The average molecular weight is 269 g/mol. The molecule has 0 unspecified atom stereocenters. The summed E-state index contributed by atoms with van der Waals surface area (Å²) < 4.78 is 0. The lowest BCUT2D eigenvalue weighted by molar-refractivity contribution is 0.0956. The Balaban J connectivity index is 3.12. The van der Waals surface area contributed by atoms with E-state index in [9.17, 15) is 4.79 Å². The number of nitrogens with one attached hydrogen (secondary N) is 2. The largest absolute Gasteiger partial charge is 0.379 e. The van der Waals surface area contributed by atoms with E-state index in [1.54, 1.807) is 6.07 Å². The normalized spacial score (nSPS) is 11.2. The third-order valence-electron chi connectivity index (χ3n) is 2.93. The standard InChI is InChI=1S/C14H21ClN2O/c1-5-14(3,4)17-11-9-7-8-10(15)12(11)13(18)16-6-2/h7-9,17H,5-6H2,1-4H3,(H,16,18). The highest BCUT2D eigenvalue weighted by molar-refractivity contribution is 6.34. The van der Waals surface area contributed by atoms with Crippen LogP contribution in [0.5, 0.6) is 0 Å². The van der Waals surface area contributed by atoms with E-state index in [2.05, 4.69) is 31.4 Å². The van der Waals surface area contributed by atoms with Gasteiger partial charge in [-0.3, -0.25) is 4.79 Å². The SMILES string of the molecule is CCNC(=O)c1c(Cl)cccc1NC(C)(C)CC. The summed E-state index contributed by atoms with van der Waals surface area (Å²) in [6.07, 6.45) is 0.953. The molecular weight excluding hydrogens is 248 g/mol. The van der Waals surface area contributed by atoms with E-state index in [-0.39, 0.29) is 11.4 Å². The summed E-state index contributed by atoms with van der Waals surface area (Å²) in [4.78, 5) is 12.0. The highest BCUT2D eigenvalue weighted by Crippen LogP contribution is 2.27. The highest BCUT2D eigenvalue weighted by Gasteiger charge is 2.20. The van der Waals surface area contributed by atoms with Gasteiger partial charge in [-0.15, -0.1) is 0 Å². The zero-order valence-electron chi connectivity index (χ0n) is 11.4. The van der Waals surface area contributed by atoms with Crippen LogP contribution in [0.2, 0.25) is 5.02 Å². The third-order valence-corrected chi connectivity index (χ3v) is 3.25. The Kier molecular flexibility index (Phi) is 5.03. The van der Waals surface area contributed by atoms with E-state index >= 15 is 0 Å². The van der Waals surface area contributed by atoms with Gasteiger partial charge in [-0.25, -0.2) is 0 Å². The van der Waals surface area contributed by atoms with Crippen LogP contribution >= 0.6 is 11.6 Å². The van der Waals surface area contributed by atoms with Crippen LogP contribution in [-0.4, -0.2) is 18.0 Å². The quantitative estimate of drug-likeness (QED) is 0.855. The molecule has 3 nitrogen and oxygen atoms in total. The Hall–Kier alpha value is -1.22. The first-order valence-electron chi connectivity index (χ1n) is 6.26. The number of hydrogen-bond donors (Lipinski definition) is 2. The molecule has 1 rings (SSSR count). The fraction of sp³-hybridized carbons (Fsp3) is 0.500. The zero-order chi connectivity index (χ0) is 13.8. The van der Waals surface area contributed by atoms with Gasteiger partial charge in [0.25, 0.3) is 5.91 Å². The number of anilines is 1. The first-order chi connectivity index (χ1) is 8.41. The number of carbonyl (C=O) groups excluding carboxylic acids is 1. The molecular formula is C14H21ClN2O. The molecule has 1 amide bonds. The zero-order valence-corrected chi connectivity index (χ0v) is 12.2. The molecule has 0 fully saturated rings. The Morgan fingerprint density at radius 2 is 2.00 bits per heavy atom. The minimum atomic E-state index is -0.141. The molecule has 0 saturated carbocycles. The molecule has 0 atom stereocenters. The van der Waals surface area contributed by atoms with E-state index in [4.69, 9.17) is 11.6 Å². The second-order valence-electron chi connectivity index (χ2n) is 4.88. The van der Waals surface area contributed by atoms with Gasteiger partial charge in [-0.1, -0.05) is 24.6 Å². The van der Waals surface area contributed by atoms with Crippen molar-refractivity contribution in [3.05, 3.63) is 28.8 Å². The van der Waals surface area contributed by atoms with Crippen molar-refractivity contribution in [2.45, 2.75) is 39.7 Å². The summed E-state index contributed by atoms with van der Waals surface area (Å²) in [5, 5.41) is 6.63. The molecule has 0 aromatic heterocycles. The molecule has 0 aliphatic carbocycles. The summed E-state index contributed by atoms with van der Waals surface area (Å²) in [5.74, 6) is -0.141. The number of amides is 1. The fourth-order valence-electron chi connectivity index (χ4n) is 1.56. The Bertz CT molecular complexity index is 430. The lowest BCUT2D eigenvalue weighted by atomic mass is 10.0. The summed E-state index contributed by atoms with van der Waals surface area (Å²) in [6, 6.07) is 5.46. The summed E-state index contributed by atoms with van der Waals surface area (Å²) >= 11 is 6.13. The van der Waals surface area contributed by atoms with Crippen LogP contribution in [-0.2, 0) is 0 Å². The van der Waals surface area contributed by atoms with Crippen molar-refractivity contribution in [1.82, 2.24) is 5.32 Å². The van der Waals surface area contributed by atoms with Gasteiger partial charge in [0.1, 0.15) is 0 Å². The van der Waals surface area contributed by atoms with Gasteiger partial charge in [-0.2, -0.15) is 0 Å². The van der Waals surface area contributed by atoms with Crippen molar-refractivity contribution >= 4 is 23.2 Å². The first kappa shape index (κ1) is 14.8. The fourth-order valence-corrected chi connectivity index (χ4v) is 1.82. The van der Waals surface area contributed by atoms with Crippen LogP contribution in [0.4, 0.5) is 5.69 Å². The molecule has 1 aromatic rings. The van der Waals surface area contributed by atoms with Gasteiger partial charge in [0.15, 0.2) is 0 Å². The molecule has 1 aromatic carbocycles. The topological polar surface area (TPSA) is 41.1 Å². The summed E-state index contributed by atoms with van der Waals surface area (Å²) in [6.45, 7) is 8.76. The van der Waals surface area contributed by atoms with Gasteiger partial charge in [-0.05, 0) is 39.3 Å². The lowest BCUT2D eigenvalue weighted by Gasteiger charge is -2.27. The predicted octanol–water partition coefficient (Wildman–Crippen LogP) is 3.69. The molecule has 0 saturated heterocycles. The van der Waals surface area contributed by atoms with Crippen LogP contribution < -0.4 is 10.6 Å². The van der Waals surface area contributed by atoms with E-state index in [0.29, 0.717) is 17.1 Å². The van der Waals surface area contributed by atoms with Crippen LogP contribution in [0.15, 0.2) is 18.2 Å².